The van der Waals surface area contributed by atoms with Gasteiger partial charge in [0.25, 0.3) is 0 Å². The largest absolute Gasteiger partial charge is 0.393 e. The molecule has 1 aliphatic carbocycles. The highest BCUT2D eigenvalue weighted by atomic mass is 16.3. The molecule has 0 spiro atoms. The van der Waals surface area contributed by atoms with E-state index in [2.05, 4.69) is 17.1 Å². The molecule has 2 fully saturated rings. The number of likely N-dealkylation sites (tertiary alicyclic amines) is 1. The van der Waals surface area contributed by atoms with Gasteiger partial charge in [-0.15, -0.1) is 0 Å². The molecular formula is C20H26N4O2. The number of aliphatic hydroxyl groups excluding tert-OH is 1. The predicted molar refractivity (Wildman–Crippen MR) is 100 cm³/mol. The summed E-state index contributed by atoms with van der Waals surface area (Å²) in [6, 6.07) is 12.1. The molecule has 2 aromatic rings. The molecule has 6 heteroatoms. The van der Waals surface area contributed by atoms with Crippen LogP contribution in [0.3, 0.4) is 0 Å². The summed E-state index contributed by atoms with van der Waals surface area (Å²) < 4.78 is 1.83. The molecule has 1 saturated carbocycles. The van der Waals surface area contributed by atoms with Crippen LogP contribution in [-0.4, -0.2) is 50.9 Å². The number of para-hydroxylation sites is 1. The summed E-state index contributed by atoms with van der Waals surface area (Å²) in [5.74, 6) is 1.22. The Morgan fingerprint density at radius 3 is 2.73 bits per heavy atom. The lowest BCUT2D eigenvalue weighted by molar-refractivity contribution is -0.118. The number of aromatic nitrogens is 2. The highest BCUT2D eigenvalue weighted by molar-refractivity contribution is 5.91. The van der Waals surface area contributed by atoms with E-state index in [1.54, 1.807) is 0 Å². The number of anilines is 1. The van der Waals surface area contributed by atoms with E-state index in [9.17, 15) is 9.90 Å². The molecule has 2 N–H and O–H groups in total. The summed E-state index contributed by atoms with van der Waals surface area (Å²) in [6.45, 7) is 3.16. The number of rotatable bonds is 5. The van der Waals surface area contributed by atoms with Gasteiger partial charge in [-0.05, 0) is 44.7 Å². The molecule has 4 rings (SSSR count). The van der Waals surface area contributed by atoms with E-state index in [0.717, 1.165) is 36.6 Å². The molecule has 0 bridgehead atoms. The van der Waals surface area contributed by atoms with Crippen molar-refractivity contribution in [2.24, 2.45) is 0 Å². The first-order valence-electron chi connectivity index (χ1n) is 9.47. The molecule has 1 aromatic heterocycles. The van der Waals surface area contributed by atoms with Crippen molar-refractivity contribution in [3.63, 3.8) is 0 Å². The normalized spacial score (nSPS) is 23.8. The summed E-state index contributed by atoms with van der Waals surface area (Å²) in [6.07, 6.45) is 3.55. The molecule has 0 radical (unpaired) electrons. The summed E-state index contributed by atoms with van der Waals surface area (Å²) in [5.41, 5.74) is 2.00. The van der Waals surface area contributed by atoms with E-state index in [0.29, 0.717) is 12.5 Å². The van der Waals surface area contributed by atoms with E-state index in [1.807, 2.05) is 41.1 Å². The molecule has 1 saturated heterocycles. The smallest absolute Gasteiger partial charge is 0.239 e. The zero-order valence-corrected chi connectivity index (χ0v) is 15.1. The number of amides is 1. The Balaban J connectivity index is 1.49. The van der Waals surface area contributed by atoms with Crippen molar-refractivity contribution in [2.75, 3.05) is 18.4 Å². The minimum atomic E-state index is -0.245. The highest BCUT2D eigenvalue weighted by Crippen LogP contribution is 2.40. The number of carbonyl (C=O) groups is 1. The van der Waals surface area contributed by atoms with Crippen molar-refractivity contribution in [3.8, 4) is 5.69 Å². The number of hydrogen-bond donors (Lipinski definition) is 2. The topological polar surface area (TPSA) is 70.4 Å². The van der Waals surface area contributed by atoms with Crippen molar-refractivity contribution in [1.29, 1.82) is 0 Å². The van der Waals surface area contributed by atoms with Crippen LogP contribution in [0.2, 0.25) is 0 Å². The lowest BCUT2D eigenvalue weighted by atomic mass is 10.0. The van der Waals surface area contributed by atoms with Crippen LogP contribution < -0.4 is 5.32 Å². The fraction of sp³-hybridized carbons (Fsp3) is 0.500. The fourth-order valence-electron chi connectivity index (χ4n) is 3.63. The minimum Gasteiger partial charge on any atom is -0.393 e. The summed E-state index contributed by atoms with van der Waals surface area (Å²) in [5, 5.41) is 17.5. The first-order valence-corrected chi connectivity index (χ1v) is 9.47. The van der Waals surface area contributed by atoms with Gasteiger partial charge < -0.3 is 10.4 Å². The summed E-state index contributed by atoms with van der Waals surface area (Å²) in [7, 11) is 0. The van der Waals surface area contributed by atoms with Crippen molar-refractivity contribution >= 4 is 11.7 Å². The molecule has 6 nitrogen and oxygen atoms in total. The van der Waals surface area contributed by atoms with E-state index in [-0.39, 0.29) is 18.1 Å². The van der Waals surface area contributed by atoms with Crippen LogP contribution in [0.4, 0.5) is 5.82 Å². The molecule has 2 heterocycles. The third kappa shape index (κ3) is 3.81. The van der Waals surface area contributed by atoms with Crippen molar-refractivity contribution in [2.45, 2.75) is 50.7 Å². The number of hydrogen-bond acceptors (Lipinski definition) is 4. The Morgan fingerprint density at radius 1 is 1.27 bits per heavy atom. The SMILES string of the molecule is C[C@@H]1C[C@H](O)CCN1CC(=O)Nc1cc(C2CC2)nn1-c1ccccc1. The third-order valence-corrected chi connectivity index (χ3v) is 5.32. The van der Waals surface area contributed by atoms with Gasteiger partial charge in [-0.25, -0.2) is 4.68 Å². The van der Waals surface area contributed by atoms with Gasteiger partial charge in [0.05, 0.1) is 24.0 Å². The number of aliphatic hydroxyl groups is 1. The highest BCUT2D eigenvalue weighted by Gasteiger charge is 2.29. The van der Waals surface area contributed by atoms with Gasteiger partial charge in [0, 0.05) is 24.6 Å². The number of piperidine rings is 1. The van der Waals surface area contributed by atoms with E-state index < -0.39 is 0 Å². The van der Waals surface area contributed by atoms with Gasteiger partial charge >= 0.3 is 0 Å². The number of carbonyl (C=O) groups excluding carboxylic acids is 1. The van der Waals surface area contributed by atoms with Crippen LogP contribution in [0.5, 0.6) is 0 Å². The van der Waals surface area contributed by atoms with Crippen LogP contribution in [0.15, 0.2) is 36.4 Å². The molecule has 26 heavy (non-hydrogen) atoms. The zero-order valence-electron chi connectivity index (χ0n) is 15.1. The van der Waals surface area contributed by atoms with Crippen LogP contribution in [0.1, 0.15) is 44.2 Å². The monoisotopic (exact) mass is 354 g/mol. The van der Waals surface area contributed by atoms with Crippen molar-refractivity contribution in [3.05, 3.63) is 42.1 Å². The quantitative estimate of drug-likeness (QED) is 0.866. The molecule has 1 aliphatic heterocycles. The van der Waals surface area contributed by atoms with E-state index >= 15 is 0 Å². The van der Waals surface area contributed by atoms with Crippen LogP contribution in [0, 0.1) is 0 Å². The summed E-state index contributed by atoms with van der Waals surface area (Å²) >= 11 is 0. The molecular weight excluding hydrogens is 328 g/mol. The summed E-state index contributed by atoms with van der Waals surface area (Å²) in [4.78, 5) is 14.8. The van der Waals surface area contributed by atoms with Gasteiger partial charge in [0.1, 0.15) is 5.82 Å². The number of benzene rings is 1. The van der Waals surface area contributed by atoms with Gasteiger partial charge in [0.2, 0.25) is 5.91 Å². The molecule has 0 unspecified atom stereocenters. The molecule has 1 amide bonds. The van der Waals surface area contributed by atoms with Gasteiger partial charge in [0.15, 0.2) is 0 Å². The molecule has 2 atom stereocenters. The minimum absolute atomic E-state index is 0.0346. The standard InChI is InChI=1S/C20H26N4O2/c1-14-11-17(25)9-10-23(14)13-20(26)21-19-12-18(15-7-8-15)22-24(19)16-5-3-2-4-6-16/h2-6,12,14-15,17,25H,7-11,13H2,1H3,(H,21,26)/t14-,17-/m1/s1. The van der Waals surface area contributed by atoms with E-state index in [4.69, 9.17) is 5.10 Å². The van der Waals surface area contributed by atoms with Crippen LogP contribution in [-0.2, 0) is 4.79 Å². The maximum absolute atomic E-state index is 12.6. The average Bonchev–Trinajstić information content (AvgIpc) is 3.39. The van der Waals surface area contributed by atoms with Crippen molar-refractivity contribution in [1.82, 2.24) is 14.7 Å². The van der Waals surface area contributed by atoms with E-state index in [1.165, 1.54) is 12.8 Å². The Hall–Kier alpha value is -2.18. The van der Waals surface area contributed by atoms with Gasteiger partial charge in [-0.3, -0.25) is 9.69 Å². The molecule has 2 aliphatic rings. The Bertz CT molecular complexity index is 769. The average molecular weight is 354 g/mol. The van der Waals surface area contributed by atoms with Gasteiger partial charge in [-0.1, -0.05) is 18.2 Å². The second kappa shape index (κ2) is 7.21. The molecule has 138 valence electrons. The third-order valence-electron chi connectivity index (χ3n) is 5.32. The van der Waals surface area contributed by atoms with Crippen molar-refractivity contribution < 1.29 is 9.90 Å². The predicted octanol–water partition coefficient (Wildman–Crippen LogP) is 2.53. The lowest BCUT2D eigenvalue weighted by Gasteiger charge is -2.35. The number of nitrogens with zero attached hydrogens (tertiary/aromatic N) is 3. The van der Waals surface area contributed by atoms with Gasteiger partial charge in [-0.2, -0.15) is 5.10 Å². The fourth-order valence-corrected chi connectivity index (χ4v) is 3.63. The number of nitrogens with one attached hydrogen (secondary N) is 1. The Morgan fingerprint density at radius 2 is 2.04 bits per heavy atom. The Kier molecular flexibility index (Phi) is 4.78. The lowest BCUT2D eigenvalue weighted by Crippen LogP contribution is -2.46. The maximum atomic E-state index is 12.6. The Labute approximate surface area is 153 Å². The maximum Gasteiger partial charge on any atom is 0.239 e. The molecule has 1 aromatic carbocycles. The zero-order chi connectivity index (χ0) is 18.1. The first kappa shape index (κ1) is 17.2. The van der Waals surface area contributed by atoms with Crippen LogP contribution >= 0.6 is 0 Å². The van der Waals surface area contributed by atoms with Crippen LogP contribution in [0.25, 0.3) is 5.69 Å². The first-order chi connectivity index (χ1) is 12.6. The second-order valence-corrected chi connectivity index (χ2v) is 7.52. The second-order valence-electron chi connectivity index (χ2n) is 7.52.